The second-order valence-corrected chi connectivity index (χ2v) is 7.19. The molecule has 0 atom stereocenters. The number of hydrogen-bond acceptors (Lipinski definition) is 4. The van der Waals surface area contributed by atoms with Gasteiger partial charge in [-0.3, -0.25) is 0 Å². The van der Waals surface area contributed by atoms with Crippen LogP contribution >= 0.6 is 0 Å². The predicted molar refractivity (Wildman–Crippen MR) is 93.0 cm³/mol. The summed E-state index contributed by atoms with van der Waals surface area (Å²) >= 11 is 0. The van der Waals surface area contributed by atoms with Crippen molar-refractivity contribution >= 4 is 18.6 Å². The minimum absolute atomic E-state index is 0.636. The number of benzene rings is 1. The molecule has 1 aliphatic rings. The number of anilines is 1. The number of aliphatic hydroxyl groups is 1. The Labute approximate surface area is 135 Å². The van der Waals surface area contributed by atoms with Gasteiger partial charge in [-0.2, -0.15) is 0 Å². The average Bonchev–Trinajstić information content (AvgIpc) is 2.45. The summed E-state index contributed by atoms with van der Waals surface area (Å²) in [5.74, 6) is 0. The largest absolute Gasteiger partial charge is 0.427 e. The molecule has 1 aliphatic heterocycles. The van der Waals surface area contributed by atoms with Crippen LogP contribution in [0.3, 0.4) is 0 Å². The Morgan fingerprint density at radius 2 is 1.55 bits per heavy atom. The summed E-state index contributed by atoms with van der Waals surface area (Å²) in [7, 11) is 3.89. The molecule has 5 heteroatoms. The van der Waals surface area contributed by atoms with Gasteiger partial charge < -0.3 is 19.6 Å². The molecule has 0 aliphatic carbocycles. The van der Waals surface area contributed by atoms with Crippen molar-refractivity contribution in [3.05, 3.63) is 24.3 Å². The van der Waals surface area contributed by atoms with Crippen LogP contribution in [0.5, 0.6) is 0 Å². The van der Waals surface area contributed by atoms with Gasteiger partial charge in [-0.25, -0.2) is 0 Å². The van der Waals surface area contributed by atoms with E-state index in [0.29, 0.717) is 0 Å². The van der Waals surface area contributed by atoms with Crippen molar-refractivity contribution in [3.63, 3.8) is 0 Å². The Kier molecular flexibility index (Phi) is 5.20. The summed E-state index contributed by atoms with van der Waals surface area (Å²) in [6, 6.07) is 8.40. The van der Waals surface area contributed by atoms with E-state index in [1.807, 2.05) is 13.8 Å². The van der Waals surface area contributed by atoms with Crippen LogP contribution in [0.25, 0.3) is 0 Å². The number of likely N-dealkylation sites (N-methyl/N-ethyl adjacent to an activating group) is 1. The minimum atomic E-state index is -0.900. The zero-order chi connectivity index (χ0) is 16.4. The molecule has 121 valence electrons. The van der Waals surface area contributed by atoms with Gasteiger partial charge in [0.05, 0.1) is 11.2 Å². The summed E-state index contributed by atoms with van der Waals surface area (Å²) in [6.45, 7) is 11.7. The van der Waals surface area contributed by atoms with Crippen molar-refractivity contribution in [2.45, 2.75) is 38.9 Å². The zero-order valence-electron chi connectivity index (χ0n) is 14.5. The number of hydrogen-bond donors (Lipinski definition) is 1. The molecule has 22 heavy (non-hydrogen) atoms. The third-order valence-corrected chi connectivity index (χ3v) is 4.72. The lowest BCUT2D eigenvalue weighted by Crippen LogP contribution is -2.49. The van der Waals surface area contributed by atoms with Crippen LogP contribution in [0, 0.1) is 0 Å². The summed E-state index contributed by atoms with van der Waals surface area (Å²) in [6.07, 6.45) is 0. The molecule has 1 radical (unpaired) electrons. The lowest BCUT2D eigenvalue weighted by Gasteiger charge is -2.37. The fourth-order valence-corrected chi connectivity index (χ4v) is 2.19. The molecule has 1 aromatic carbocycles. The average molecular weight is 303 g/mol. The fraction of sp³-hybridized carbons (Fsp3) is 0.647. The van der Waals surface area contributed by atoms with Crippen LogP contribution in [0.1, 0.15) is 27.7 Å². The first-order valence-electron chi connectivity index (χ1n) is 7.96. The van der Waals surface area contributed by atoms with Crippen molar-refractivity contribution in [1.29, 1.82) is 0 Å². The molecular weight excluding hydrogens is 275 g/mol. The maximum Gasteiger partial charge on any atom is 0.330 e. The molecule has 0 bridgehead atoms. The second kappa shape index (κ2) is 6.61. The summed E-state index contributed by atoms with van der Waals surface area (Å²) in [5, 5.41) is 10.1. The quantitative estimate of drug-likeness (QED) is 0.831. The molecule has 1 aromatic rings. The molecule has 1 saturated heterocycles. The number of nitrogens with zero attached hydrogens (tertiary/aromatic N) is 2. The minimum Gasteiger partial charge on any atom is -0.427 e. The van der Waals surface area contributed by atoms with Crippen molar-refractivity contribution in [2.75, 3.05) is 38.1 Å². The van der Waals surface area contributed by atoms with Gasteiger partial charge >= 0.3 is 7.48 Å². The first-order valence-corrected chi connectivity index (χ1v) is 7.96. The third kappa shape index (κ3) is 4.25. The first-order chi connectivity index (χ1) is 10.2. The maximum atomic E-state index is 10.1. The Morgan fingerprint density at radius 1 is 1.00 bits per heavy atom. The van der Waals surface area contributed by atoms with Crippen LogP contribution in [0.2, 0.25) is 0 Å². The summed E-state index contributed by atoms with van der Waals surface area (Å²) in [5.41, 5.74) is 0.731. The maximum absolute atomic E-state index is 10.1. The summed E-state index contributed by atoms with van der Waals surface area (Å²) in [4.78, 5) is 4.76. The van der Waals surface area contributed by atoms with E-state index in [2.05, 4.69) is 41.1 Å². The summed E-state index contributed by atoms with van der Waals surface area (Å²) < 4.78 is 5.78. The molecule has 0 amide bonds. The van der Waals surface area contributed by atoms with E-state index in [9.17, 15) is 5.11 Å². The van der Waals surface area contributed by atoms with Gasteiger partial charge in [0.2, 0.25) is 0 Å². The topological polar surface area (TPSA) is 35.9 Å². The highest BCUT2D eigenvalue weighted by Gasteiger charge is 2.35. The molecule has 2 rings (SSSR count). The van der Waals surface area contributed by atoms with E-state index in [1.54, 1.807) is 21.3 Å². The van der Waals surface area contributed by atoms with E-state index < -0.39 is 11.2 Å². The fourth-order valence-electron chi connectivity index (χ4n) is 2.19. The van der Waals surface area contributed by atoms with Crippen LogP contribution in [-0.2, 0) is 4.65 Å². The SMILES string of the molecule is CN1CCN(c2ccc([B]OC(C)(C)C(C)(C)O)cc2)CC1. The van der Waals surface area contributed by atoms with Gasteiger partial charge in [0.15, 0.2) is 0 Å². The number of piperazine rings is 1. The lowest BCUT2D eigenvalue weighted by molar-refractivity contribution is -0.0893. The first kappa shape index (κ1) is 17.3. The highest BCUT2D eigenvalue weighted by Crippen LogP contribution is 2.24. The van der Waals surface area contributed by atoms with E-state index in [-0.39, 0.29) is 0 Å². The standard InChI is InChI=1S/C17H28BN2O2/c1-16(2,21)17(3,4)22-18-14-6-8-15(9-7-14)20-12-10-19(5)11-13-20/h6-9,21H,10-13H2,1-5H3. The van der Waals surface area contributed by atoms with Crippen LogP contribution in [-0.4, -0.2) is 61.9 Å². The van der Waals surface area contributed by atoms with E-state index in [0.717, 1.165) is 31.6 Å². The molecule has 1 heterocycles. The van der Waals surface area contributed by atoms with E-state index in [4.69, 9.17) is 4.65 Å². The van der Waals surface area contributed by atoms with Gasteiger partial charge in [-0.15, -0.1) is 0 Å². The Morgan fingerprint density at radius 3 is 2.05 bits per heavy atom. The molecule has 1 fully saturated rings. The smallest absolute Gasteiger partial charge is 0.330 e. The van der Waals surface area contributed by atoms with Gasteiger partial charge in [0, 0.05) is 31.9 Å². The van der Waals surface area contributed by atoms with Gasteiger partial charge in [-0.05, 0) is 46.9 Å². The molecular formula is C17H28BN2O2. The van der Waals surface area contributed by atoms with E-state index in [1.165, 1.54) is 5.69 Å². The van der Waals surface area contributed by atoms with E-state index >= 15 is 0 Å². The van der Waals surface area contributed by atoms with Gasteiger partial charge in [-0.1, -0.05) is 17.6 Å². The third-order valence-electron chi connectivity index (χ3n) is 4.72. The van der Waals surface area contributed by atoms with Crippen molar-refractivity contribution < 1.29 is 9.76 Å². The van der Waals surface area contributed by atoms with Gasteiger partial charge in [0.1, 0.15) is 0 Å². The highest BCUT2D eigenvalue weighted by molar-refractivity contribution is 6.47. The molecule has 0 saturated carbocycles. The van der Waals surface area contributed by atoms with Gasteiger partial charge in [0.25, 0.3) is 0 Å². The molecule has 0 aromatic heterocycles. The molecule has 0 spiro atoms. The van der Waals surface area contributed by atoms with Crippen LogP contribution < -0.4 is 10.4 Å². The van der Waals surface area contributed by atoms with Crippen molar-refractivity contribution in [2.24, 2.45) is 0 Å². The van der Waals surface area contributed by atoms with Crippen LogP contribution in [0.15, 0.2) is 24.3 Å². The molecule has 1 N–H and O–H groups in total. The predicted octanol–water partition coefficient (Wildman–Crippen LogP) is 1.25. The van der Waals surface area contributed by atoms with Crippen LogP contribution in [0.4, 0.5) is 5.69 Å². The lowest BCUT2D eigenvalue weighted by atomic mass is 9.82. The Balaban J connectivity index is 1.92. The normalized spacial score (nSPS) is 17.6. The van der Waals surface area contributed by atoms with Crippen molar-refractivity contribution in [1.82, 2.24) is 4.90 Å². The molecule has 4 nitrogen and oxygen atoms in total. The molecule has 0 unspecified atom stereocenters. The second-order valence-electron chi connectivity index (χ2n) is 7.19. The Hall–Kier alpha value is -1.04. The highest BCUT2D eigenvalue weighted by atomic mass is 16.5. The monoisotopic (exact) mass is 303 g/mol. The Bertz CT molecular complexity index is 474. The van der Waals surface area contributed by atoms with Crippen molar-refractivity contribution in [3.8, 4) is 0 Å². The zero-order valence-corrected chi connectivity index (χ0v) is 14.5. The number of rotatable bonds is 5.